The molecule has 0 aliphatic carbocycles. The number of nitrogens with zero attached hydrogens (tertiary/aromatic N) is 2. The summed E-state index contributed by atoms with van der Waals surface area (Å²) in [6, 6.07) is 14.6. The van der Waals surface area contributed by atoms with Crippen molar-refractivity contribution >= 4 is 17.3 Å². The number of benzene rings is 2. The number of ether oxygens (including phenoxy) is 2. The summed E-state index contributed by atoms with van der Waals surface area (Å²) in [5, 5.41) is 3.21. The number of rotatable bonds is 7. The summed E-state index contributed by atoms with van der Waals surface area (Å²) in [6.07, 6.45) is 1.75. The molecule has 2 aliphatic rings. The lowest BCUT2D eigenvalue weighted by Crippen LogP contribution is -2.61. The van der Waals surface area contributed by atoms with E-state index >= 15 is 0 Å². The minimum absolute atomic E-state index is 0.0795. The standard InChI is InChI=1S/C26H35N3O3/c1-18(2)11-12-27-26(30)23-15-19-5-8-22(32-4)16-24(19)29-14-13-28(17-25(23)29)20-6-9-21(31-3)10-7-20/h5-10,16,18,23,25H,11-15,17H2,1-4H3,(H,27,30). The van der Waals surface area contributed by atoms with Crippen LogP contribution in [0.1, 0.15) is 25.8 Å². The van der Waals surface area contributed by atoms with E-state index in [0.717, 1.165) is 50.5 Å². The number of hydrogen-bond acceptors (Lipinski definition) is 5. The summed E-state index contributed by atoms with van der Waals surface area (Å²) in [5.41, 5.74) is 3.60. The van der Waals surface area contributed by atoms with E-state index < -0.39 is 0 Å². The zero-order valence-electron chi connectivity index (χ0n) is 19.6. The van der Waals surface area contributed by atoms with Gasteiger partial charge >= 0.3 is 0 Å². The molecule has 2 unspecified atom stereocenters. The third-order valence-corrected chi connectivity index (χ3v) is 6.72. The Hall–Kier alpha value is -2.89. The van der Waals surface area contributed by atoms with E-state index in [2.05, 4.69) is 53.2 Å². The normalized spacial score (nSPS) is 19.9. The van der Waals surface area contributed by atoms with Gasteiger partial charge in [-0.15, -0.1) is 0 Å². The molecule has 2 heterocycles. The second-order valence-corrected chi connectivity index (χ2v) is 9.18. The highest BCUT2D eigenvalue weighted by molar-refractivity contribution is 5.82. The lowest BCUT2D eigenvalue weighted by molar-refractivity contribution is -0.125. The Morgan fingerprint density at radius 1 is 1.06 bits per heavy atom. The van der Waals surface area contributed by atoms with Gasteiger partial charge in [0, 0.05) is 43.6 Å². The number of piperazine rings is 1. The summed E-state index contributed by atoms with van der Waals surface area (Å²) in [7, 11) is 3.39. The van der Waals surface area contributed by atoms with Crippen LogP contribution in [0.2, 0.25) is 0 Å². The van der Waals surface area contributed by atoms with Crippen molar-refractivity contribution in [2.75, 3.05) is 50.2 Å². The molecule has 172 valence electrons. The van der Waals surface area contributed by atoms with E-state index in [1.165, 1.54) is 16.9 Å². The second kappa shape index (κ2) is 9.72. The number of anilines is 2. The van der Waals surface area contributed by atoms with Gasteiger partial charge in [0.2, 0.25) is 5.91 Å². The molecule has 0 bridgehead atoms. The maximum Gasteiger partial charge on any atom is 0.225 e. The molecule has 0 radical (unpaired) electrons. The van der Waals surface area contributed by atoms with E-state index in [9.17, 15) is 4.79 Å². The molecule has 0 aromatic heterocycles. The quantitative estimate of drug-likeness (QED) is 0.715. The molecule has 0 spiro atoms. The fourth-order valence-corrected chi connectivity index (χ4v) is 4.85. The molecular formula is C26H35N3O3. The van der Waals surface area contributed by atoms with Crippen LogP contribution < -0.4 is 24.6 Å². The van der Waals surface area contributed by atoms with Gasteiger partial charge in [-0.2, -0.15) is 0 Å². The number of carbonyl (C=O) groups excluding carboxylic acids is 1. The van der Waals surface area contributed by atoms with Gasteiger partial charge < -0.3 is 24.6 Å². The summed E-state index contributed by atoms with van der Waals surface area (Å²) >= 11 is 0. The van der Waals surface area contributed by atoms with E-state index in [4.69, 9.17) is 9.47 Å². The predicted octanol–water partition coefficient (Wildman–Crippen LogP) is 3.73. The SMILES string of the molecule is COc1ccc(N2CCN3c4cc(OC)ccc4CC(C(=O)NCCC(C)C)C3C2)cc1. The molecule has 1 amide bonds. The number of carbonyl (C=O) groups is 1. The van der Waals surface area contributed by atoms with E-state index in [0.29, 0.717) is 5.92 Å². The highest BCUT2D eigenvalue weighted by Crippen LogP contribution is 2.39. The van der Waals surface area contributed by atoms with Crippen LogP contribution in [0.4, 0.5) is 11.4 Å². The minimum atomic E-state index is -0.0795. The summed E-state index contributed by atoms with van der Waals surface area (Å²) < 4.78 is 10.8. The zero-order valence-corrected chi connectivity index (χ0v) is 19.6. The molecular weight excluding hydrogens is 402 g/mol. The third kappa shape index (κ3) is 4.64. The van der Waals surface area contributed by atoms with Gasteiger partial charge in [-0.3, -0.25) is 4.79 Å². The molecule has 6 nitrogen and oxygen atoms in total. The number of nitrogens with one attached hydrogen (secondary N) is 1. The number of fused-ring (bicyclic) bond motifs is 3. The maximum atomic E-state index is 13.3. The summed E-state index contributed by atoms with van der Waals surface area (Å²) in [4.78, 5) is 18.1. The smallest absolute Gasteiger partial charge is 0.225 e. The molecule has 1 fully saturated rings. The lowest BCUT2D eigenvalue weighted by atomic mass is 9.83. The Labute approximate surface area is 191 Å². The van der Waals surface area contributed by atoms with E-state index in [1.807, 2.05) is 18.2 Å². The van der Waals surface area contributed by atoms with Gasteiger partial charge in [0.05, 0.1) is 26.2 Å². The minimum Gasteiger partial charge on any atom is -0.497 e. The van der Waals surface area contributed by atoms with Crippen molar-refractivity contribution in [3.05, 3.63) is 48.0 Å². The maximum absolute atomic E-state index is 13.3. The number of hydrogen-bond donors (Lipinski definition) is 1. The summed E-state index contributed by atoms with van der Waals surface area (Å²) in [6.45, 7) is 7.69. The van der Waals surface area contributed by atoms with Crippen LogP contribution in [-0.2, 0) is 11.2 Å². The first kappa shape index (κ1) is 22.3. The van der Waals surface area contributed by atoms with Gasteiger partial charge in [0.15, 0.2) is 0 Å². The molecule has 2 aliphatic heterocycles. The summed E-state index contributed by atoms with van der Waals surface area (Å²) in [5.74, 6) is 2.38. The van der Waals surface area contributed by atoms with Crippen LogP contribution in [0.3, 0.4) is 0 Å². The van der Waals surface area contributed by atoms with Gasteiger partial charge in [-0.25, -0.2) is 0 Å². The first-order valence-electron chi connectivity index (χ1n) is 11.6. The molecule has 4 rings (SSSR count). The first-order chi connectivity index (χ1) is 15.5. The van der Waals surface area contributed by atoms with E-state index in [-0.39, 0.29) is 17.9 Å². The average molecular weight is 438 g/mol. The molecule has 2 atom stereocenters. The first-order valence-corrected chi connectivity index (χ1v) is 11.6. The van der Waals surface area contributed by atoms with Crippen molar-refractivity contribution in [3.63, 3.8) is 0 Å². The lowest BCUT2D eigenvalue weighted by Gasteiger charge is -2.49. The van der Waals surface area contributed by atoms with Crippen LogP contribution >= 0.6 is 0 Å². The van der Waals surface area contributed by atoms with Crippen LogP contribution in [0.5, 0.6) is 11.5 Å². The number of methoxy groups -OCH3 is 2. The van der Waals surface area contributed by atoms with Crippen molar-refractivity contribution in [2.45, 2.75) is 32.7 Å². The Morgan fingerprint density at radius 2 is 1.78 bits per heavy atom. The van der Waals surface area contributed by atoms with Crippen LogP contribution in [0, 0.1) is 11.8 Å². The second-order valence-electron chi connectivity index (χ2n) is 9.18. The highest BCUT2D eigenvalue weighted by Gasteiger charge is 2.41. The highest BCUT2D eigenvalue weighted by atomic mass is 16.5. The van der Waals surface area contributed by atoms with Crippen LogP contribution in [0.25, 0.3) is 0 Å². The van der Waals surface area contributed by atoms with Gasteiger partial charge in [0.25, 0.3) is 0 Å². The monoisotopic (exact) mass is 437 g/mol. The van der Waals surface area contributed by atoms with Gasteiger partial charge in [0.1, 0.15) is 11.5 Å². The fourth-order valence-electron chi connectivity index (χ4n) is 4.85. The molecule has 0 saturated carbocycles. The molecule has 1 N–H and O–H groups in total. The van der Waals surface area contributed by atoms with E-state index in [1.54, 1.807) is 14.2 Å². The van der Waals surface area contributed by atoms with Crippen LogP contribution in [0.15, 0.2) is 42.5 Å². The zero-order chi connectivity index (χ0) is 22.7. The van der Waals surface area contributed by atoms with Crippen molar-refractivity contribution in [2.24, 2.45) is 11.8 Å². The molecule has 2 aromatic carbocycles. The van der Waals surface area contributed by atoms with Crippen molar-refractivity contribution < 1.29 is 14.3 Å². The largest absolute Gasteiger partial charge is 0.497 e. The Bertz CT molecular complexity index is 928. The van der Waals surface area contributed by atoms with Crippen molar-refractivity contribution in [1.29, 1.82) is 0 Å². The topological polar surface area (TPSA) is 54.0 Å². The van der Waals surface area contributed by atoms with Gasteiger partial charge in [-0.1, -0.05) is 19.9 Å². The Morgan fingerprint density at radius 3 is 2.47 bits per heavy atom. The molecule has 6 heteroatoms. The van der Waals surface area contributed by atoms with Crippen LogP contribution in [-0.4, -0.2) is 52.3 Å². The molecule has 2 aromatic rings. The molecule has 1 saturated heterocycles. The van der Waals surface area contributed by atoms with Crippen molar-refractivity contribution in [3.8, 4) is 11.5 Å². The number of amides is 1. The Balaban J connectivity index is 1.59. The third-order valence-electron chi connectivity index (χ3n) is 6.72. The fraction of sp³-hybridized carbons (Fsp3) is 0.500. The predicted molar refractivity (Wildman–Crippen MR) is 129 cm³/mol. The average Bonchev–Trinajstić information content (AvgIpc) is 2.82. The van der Waals surface area contributed by atoms with Crippen molar-refractivity contribution in [1.82, 2.24) is 5.32 Å². The van der Waals surface area contributed by atoms with Gasteiger partial charge in [-0.05, 0) is 54.7 Å². The Kier molecular flexibility index (Phi) is 6.77. The molecule has 32 heavy (non-hydrogen) atoms.